The molecule has 1 saturated carbocycles. The summed E-state index contributed by atoms with van der Waals surface area (Å²) in [6.07, 6.45) is 7.47. The third-order valence-electron chi connectivity index (χ3n) is 16.9. The number of nitrogens with one attached hydrogen (secondary N) is 7. The minimum Gasteiger partial charge on any atom is -0.494 e. The van der Waals surface area contributed by atoms with Gasteiger partial charge in [0.15, 0.2) is 11.9 Å². The highest BCUT2D eigenvalue weighted by Crippen LogP contribution is 2.40. The Morgan fingerprint density at radius 2 is 1.61 bits per heavy atom. The molecule has 2 fully saturated rings. The molecular weight excluding hydrogens is 1290 g/mol. The van der Waals surface area contributed by atoms with Crippen LogP contribution in [0.4, 0.5) is 36.3 Å². The fourth-order valence-electron chi connectivity index (χ4n) is 11.8. The van der Waals surface area contributed by atoms with Crippen LogP contribution in [0.2, 0.25) is 0 Å². The number of ketones is 2. The Labute approximate surface area is 566 Å². The maximum absolute atomic E-state index is 13.1. The maximum Gasteiger partial charge on any atom is 0.405 e. The lowest BCUT2D eigenvalue weighted by Crippen LogP contribution is -2.53. The van der Waals surface area contributed by atoms with Crippen molar-refractivity contribution in [2.24, 2.45) is 11.1 Å². The zero-order valence-electron chi connectivity index (χ0n) is 54.4. The van der Waals surface area contributed by atoms with Gasteiger partial charge in [-0.3, -0.25) is 33.8 Å². The Kier molecular flexibility index (Phi) is 24.9. The number of benzene rings is 2. The van der Waals surface area contributed by atoms with Crippen molar-refractivity contribution in [3.05, 3.63) is 169 Å². The molecule has 25 nitrogen and oxygen atoms in total. The van der Waals surface area contributed by atoms with Crippen molar-refractivity contribution in [1.82, 2.24) is 45.1 Å². The van der Waals surface area contributed by atoms with E-state index in [0.717, 1.165) is 72.3 Å². The molecule has 1 unspecified atom stereocenters. The molecular formula is C69H81F3N14O11S. The number of hydrogen-bond acceptors (Lipinski definition) is 20. The van der Waals surface area contributed by atoms with Crippen molar-refractivity contribution in [3.8, 4) is 5.75 Å². The lowest BCUT2D eigenvalue weighted by Gasteiger charge is -2.39. The van der Waals surface area contributed by atoms with E-state index < -0.39 is 64.3 Å². The van der Waals surface area contributed by atoms with Crippen LogP contribution in [0.15, 0.2) is 156 Å². The summed E-state index contributed by atoms with van der Waals surface area (Å²) in [5, 5.41) is 31.3. The number of rotatable bonds is 25. The molecule has 4 aromatic heterocycles. The average molecular weight is 1370 g/mol. The molecule has 8 heterocycles. The highest BCUT2D eigenvalue weighted by molar-refractivity contribution is 7.89. The number of aromatic nitrogens is 4. The van der Waals surface area contributed by atoms with Gasteiger partial charge >= 0.3 is 12.1 Å². The summed E-state index contributed by atoms with van der Waals surface area (Å²) in [7, 11) is -4.00. The standard InChI is InChI=1S/C24H29N5O3.C23H27N5O5S.C22H25F3N4O3/c1-16(30)10-21(19-5-2-8-25-13-19)28-22(31)12-23(32)29-14-17(15-29)11-20-7-6-18-4-3-9-26-24(18)27-20;1-16(29)21(28-34(31,32)18-7-3-2-4-8-18)26-22(30)19-15-23(33-27-19)12-10-17(11-13-23)25-20-9-5-6-14-24-20;1-15-19(12-21(30)31)28-18-7-6-17(11-16(18)13-29(15)14-22(23,24)25)32-10-4-9-27-20-5-2-3-8-26-20/h2,5-8,13,17,21H,3-4,9-12,14-15H2,1H3,(H,26,27)(H,28,31);2-9,14,17,21,28H,10-13,15H2,1H3,(H,24,25)(H,26,30);2-3,5-8,11,19,28H,1,4,9-10,12-14H2,(H,26,27)(H,30,31)/t21-;17?,21-,23?;/m01./s1. The van der Waals surface area contributed by atoms with E-state index in [1.807, 2.05) is 42.5 Å². The quantitative estimate of drug-likeness (QED) is 0.0152. The van der Waals surface area contributed by atoms with Crippen LogP contribution in [0, 0.1) is 5.92 Å². The molecule has 0 bridgehead atoms. The number of pyridine rings is 4. The van der Waals surface area contributed by atoms with Crippen LogP contribution in [0.25, 0.3) is 0 Å². The molecule has 520 valence electrons. The minimum absolute atomic E-state index is 0.00735. The first kappa shape index (κ1) is 72.2. The van der Waals surface area contributed by atoms with Crippen LogP contribution in [0.5, 0.6) is 5.75 Å². The Hall–Kier alpha value is -10.0. The molecule has 1 saturated heterocycles. The molecule has 98 heavy (non-hydrogen) atoms. The van der Waals surface area contributed by atoms with Crippen molar-refractivity contribution in [3.63, 3.8) is 0 Å². The number of halogens is 3. The van der Waals surface area contributed by atoms with E-state index in [0.29, 0.717) is 74.8 Å². The molecule has 29 heteroatoms. The van der Waals surface area contributed by atoms with E-state index in [1.54, 1.807) is 72.2 Å². The zero-order chi connectivity index (χ0) is 69.8. The highest BCUT2D eigenvalue weighted by atomic mass is 32.2. The number of carboxylic acid groups (broad SMARTS) is 1. The third kappa shape index (κ3) is 21.5. The second kappa shape index (κ2) is 33.8. The number of oxime groups is 1. The van der Waals surface area contributed by atoms with Crippen LogP contribution in [-0.2, 0) is 63.0 Å². The van der Waals surface area contributed by atoms with Crippen molar-refractivity contribution in [2.45, 2.75) is 138 Å². The molecule has 3 atom stereocenters. The van der Waals surface area contributed by atoms with Gasteiger partial charge in [0.25, 0.3) is 5.91 Å². The van der Waals surface area contributed by atoms with Crippen LogP contribution in [0.3, 0.4) is 0 Å². The molecule has 1 aliphatic carbocycles. The van der Waals surface area contributed by atoms with Crippen LogP contribution < -0.4 is 41.4 Å². The number of aliphatic carboxylic acids is 1. The van der Waals surface area contributed by atoms with Gasteiger partial charge in [0.2, 0.25) is 21.8 Å². The number of sulfonamides is 1. The van der Waals surface area contributed by atoms with Crippen LogP contribution in [0.1, 0.15) is 106 Å². The third-order valence-corrected chi connectivity index (χ3v) is 18.3. The summed E-state index contributed by atoms with van der Waals surface area (Å²) in [6.45, 7) is 8.43. The zero-order valence-corrected chi connectivity index (χ0v) is 55.2. The van der Waals surface area contributed by atoms with Crippen molar-refractivity contribution >= 4 is 74.1 Å². The lowest BCUT2D eigenvalue weighted by molar-refractivity contribution is -0.144. The summed E-state index contributed by atoms with van der Waals surface area (Å²) in [4.78, 5) is 98.3. The maximum atomic E-state index is 13.1. The first-order valence-electron chi connectivity index (χ1n) is 32.4. The van der Waals surface area contributed by atoms with E-state index in [2.05, 4.69) is 75.4 Å². The fourth-order valence-corrected chi connectivity index (χ4v) is 13.0. The van der Waals surface area contributed by atoms with Gasteiger partial charge in [-0.2, -0.15) is 17.9 Å². The first-order chi connectivity index (χ1) is 46.9. The molecule has 1 spiro atoms. The number of carbonyl (C=O) groups is 6. The van der Waals surface area contributed by atoms with Crippen molar-refractivity contribution < 1.29 is 65.0 Å². The predicted octanol–water partition coefficient (Wildman–Crippen LogP) is 8.13. The molecule has 5 aliphatic rings. The number of fused-ring (bicyclic) bond motifs is 2. The number of ether oxygens (including phenoxy) is 1. The molecule has 6 aromatic rings. The predicted molar refractivity (Wildman–Crippen MR) is 360 cm³/mol. The van der Waals surface area contributed by atoms with Crippen LogP contribution >= 0.6 is 0 Å². The topological polar surface area (TPSA) is 330 Å². The normalized spacial score (nSPS) is 18.5. The number of carbonyl (C=O) groups excluding carboxylic acids is 5. The van der Waals surface area contributed by atoms with Crippen molar-refractivity contribution in [2.75, 3.05) is 60.6 Å². The summed E-state index contributed by atoms with van der Waals surface area (Å²) >= 11 is 0. The van der Waals surface area contributed by atoms with E-state index in [4.69, 9.17) is 19.7 Å². The van der Waals surface area contributed by atoms with E-state index >= 15 is 0 Å². The second-order valence-corrected chi connectivity index (χ2v) is 26.4. The smallest absolute Gasteiger partial charge is 0.405 e. The van der Waals surface area contributed by atoms with Gasteiger partial charge in [-0.05, 0) is 155 Å². The summed E-state index contributed by atoms with van der Waals surface area (Å²) in [5.41, 5.74) is 3.86. The number of carboxylic acids is 1. The Morgan fingerprint density at radius 3 is 2.29 bits per heavy atom. The fraction of sp³-hybridized carbons (Fsp3) is 0.406. The Bertz CT molecular complexity index is 3890. The van der Waals surface area contributed by atoms with Crippen LogP contribution in [-0.4, -0.2) is 154 Å². The number of likely N-dealkylation sites (tertiary alicyclic amines) is 1. The number of hydrogen-bond donors (Lipinski definition) is 8. The number of Topliss-reactive ketones (excluding diaryl/α,β-unsaturated/α-hetero) is 2. The number of alkyl halides is 3. The van der Waals surface area contributed by atoms with E-state index in [1.165, 1.54) is 31.5 Å². The molecule has 0 radical (unpaired) electrons. The molecule has 11 rings (SSSR count). The minimum atomic E-state index is -4.45. The van der Waals surface area contributed by atoms with Gasteiger partial charge in [0, 0.05) is 93.5 Å². The van der Waals surface area contributed by atoms with E-state index in [9.17, 15) is 50.4 Å². The largest absolute Gasteiger partial charge is 0.494 e. The molecule has 4 aliphatic heterocycles. The molecule has 3 amide bonds. The van der Waals surface area contributed by atoms with Crippen molar-refractivity contribution in [1.29, 1.82) is 0 Å². The lowest BCUT2D eigenvalue weighted by atomic mass is 9.79. The summed E-state index contributed by atoms with van der Waals surface area (Å²) < 4.78 is 72.4. The van der Waals surface area contributed by atoms with Gasteiger partial charge in [0.05, 0.1) is 30.0 Å². The second-order valence-electron chi connectivity index (χ2n) is 24.7. The number of aryl methyl sites for hydroxylation is 1. The number of anilines is 4. The number of nitrogens with zero attached hydrogens (tertiary/aromatic N) is 7. The average Bonchev–Trinajstić information content (AvgIpc) is 1.65. The SMILES string of the molecule is C=C1C(CC(=O)O)Nc2ccc(OCCCNc3ccccn3)cc2CN1CC(F)(F)F.CC(=O)C[C@H](NC(=O)CC(=O)N1CC(Cc2ccc3c(n2)NCCC3)C1)c1cccnc1.CC(=O)[C@H](NC(=O)C1=NOC2(CCC(Nc3ccccn3)CC2)C1)NS(=O)(=O)c1ccccc1. The van der Waals surface area contributed by atoms with E-state index in [-0.39, 0.29) is 65.8 Å². The summed E-state index contributed by atoms with van der Waals surface area (Å²) in [5.74, 6) is 0.540. The van der Waals surface area contributed by atoms with Gasteiger partial charge in [-0.25, -0.2) is 23.4 Å². The first-order valence-corrected chi connectivity index (χ1v) is 33.8. The van der Waals surface area contributed by atoms with Gasteiger partial charge in [-0.15, -0.1) is 0 Å². The Morgan fingerprint density at radius 1 is 0.878 bits per heavy atom. The molecule has 8 N–H and O–H groups in total. The monoisotopic (exact) mass is 1370 g/mol. The molecule has 2 aromatic carbocycles. The van der Waals surface area contributed by atoms with Gasteiger partial charge < -0.3 is 56.4 Å². The number of amides is 3. The Balaban J connectivity index is 0.000000172. The van der Waals surface area contributed by atoms with Gasteiger partial charge in [-0.1, -0.05) is 54.2 Å². The highest BCUT2D eigenvalue weighted by Gasteiger charge is 2.45. The van der Waals surface area contributed by atoms with Gasteiger partial charge in [0.1, 0.15) is 53.3 Å². The summed E-state index contributed by atoms with van der Waals surface area (Å²) in [6, 6.07) is 30.7.